The highest BCUT2D eigenvalue weighted by atomic mass is 19.1. The van der Waals surface area contributed by atoms with Crippen molar-refractivity contribution in [2.75, 3.05) is 0 Å². The number of rotatable bonds is 9. The van der Waals surface area contributed by atoms with Crippen LogP contribution in [0.25, 0.3) is 0 Å². The van der Waals surface area contributed by atoms with Gasteiger partial charge in [0.25, 0.3) is 0 Å². The summed E-state index contributed by atoms with van der Waals surface area (Å²) in [6.45, 7) is 1.23. The lowest BCUT2D eigenvalue weighted by atomic mass is 10.0. The van der Waals surface area contributed by atoms with Crippen molar-refractivity contribution in [3.63, 3.8) is 0 Å². The number of nitriles is 1. The molecule has 2 atom stereocenters. The zero-order valence-corrected chi connectivity index (χ0v) is 13.8. The Labute approximate surface area is 144 Å². The average Bonchev–Trinajstić information content (AvgIpc) is 2.52. The van der Waals surface area contributed by atoms with Gasteiger partial charge in [-0.1, -0.05) is 12.1 Å². The Morgan fingerprint density at radius 1 is 1.28 bits per heavy atom. The van der Waals surface area contributed by atoms with Crippen LogP contribution >= 0.6 is 0 Å². The molecular weight excluding hydrogens is 329 g/mol. The first-order chi connectivity index (χ1) is 11.8. The highest BCUT2D eigenvalue weighted by Crippen LogP contribution is 2.08. The Kier molecular flexibility index (Phi) is 8.06. The van der Waals surface area contributed by atoms with E-state index in [0.717, 1.165) is 0 Å². The van der Waals surface area contributed by atoms with Crippen LogP contribution in [0.5, 0.6) is 0 Å². The van der Waals surface area contributed by atoms with Crippen LogP contribution in [-0.2, 0) is 20.8 Å². The number of carbonyl (C=O) groups excluding carboxylic acids is 2. The van der Waals surface area contributed by atoms with Crippen molar-refractivity contribution >= 4 is 17.8 Å². The van der Waals surface area contributed by atoms with Crippen molar-refractivity contribution in [2.24, 2.45) is 0 Å². The number of aliphatic carboxylic acids is 1. The van der Waals surface area contributed by atoms with Gasteiger partial charge in [-0.05, 0) is 30.5 Å². The lowest BCUT2D eigenvalue weighted by molar-refractivity contribution is -0.142. The third-order valence-corrected chi connectivity index (χ3v) is 3.42. The molecule has 8 heteroatoms. The third-order valence-electron chi connectivity index (χ3n) is 3.42. The Hall–Kier alpha value is -2.95. The molecule has 0 bridgehead atoms. The molecule has 1 rings (SSSR count). The quantitative estimate of drug-likeness (QED) is 0.578. The monoisotopic (exact) mass is 349 g/mol. The lowest BCUT2D eigenvalue weighted by Gasteiger charge is -2.21. The molecule has 0 unspecified atom stereocenters. The Bertz CT molecular complexity index is 672. The number of hydrogen-bond donors (Lipinski definition) is 3. The van der Waals surface area contributed by atoms with E-state index in [1.165, 1.54) is 25.1 Å². The number of amides is 2. The summed E-state index contributed by atoms with van der Waals surface area (Å²) in [7, 11) is 0. The van der Waals surface area contributed by atoms with Gasteiger partial charge in [-0.15, -0.1) is 0 Å². The minimum Gasteiger partial charge on any atom is -0.480 e. The van der Waals surface area contributed by atoms with Gasteiger partial charge in [0.15, 0.2) is 0 Å². The molecular formula is C17H20FN3O4. The Morgan fingerprint density at radius 3 is 2.56 bits per heavy atom. The number of unbranched alkanes of at least 4 members (excludes halogenated alkanes) is 1. The molecule has 0 aromatic heterocycles. The molecule has 0 aliphatic carbocycles. The molecule has 3 N–H and O–H groups in total. The van der Waals surface area contributed by atoms with E-state index in [0.29, 0.717) is 12.0 Å². The molecule has 1 aromatic rings. The summed E-state index contributed by atoms with van der Waals surface area (Å²) in [5.41, 5.74) is 0.491. The van der Waals surface area contributed by atoms with Gasteiger partial charge in [0, 0.05) is 19.8 Å². The smallest absolute Gasteiger partial charge is 0.326 e. The normalized spacial score (nSPS) is 12.5. The third kappa shape index (κ3) is 7.44. The standard InChI is InChI=1S/C17H20FN3O4/c1-11(22)20-15(10-12-5-4-6-13(18)9-12)16(23)21-14(17(24)25)7-2-3-8-19/h4-6,9,14-15H,2-3,7,10H2,1H3,(H,20,22)(H,21,23)(H,24,25)/t14-,15-/m1/s1. The van der Waals surface area contributed by atoms with Crippen LogP contribution in [0.2, 0.25) is 0 Å². The van der Waals surface area contributed by atoms with Crippen LogP contribution in [0.1, 0.15) is 31.7 Å². The van der Waals surface area contributed by atoms with Crippen molar-refractivity contribution in [2.45, 2.75) is 44.7 Å². The number of hydrogen-bond acceptors (Lipinski definition) is 4. The summed E-state index contributed by atoms with van der Waals surface area (Å²) in [5.74, 6) is -2.84. The predicted octanol–water partition coefficient (Wildman–Crippen LogP) is 1.14. The second-order valence-electron chi connectivity index (χ2n) is 5.54. The van der Waals surface area contributed by atoms with Crippen LogP contribution < -0.4 is 10.6 Å². The van der Waals surface area contributed by atoms with Crippen LogP contribution in [0.3, 0.4) is 0 Å². The number of nitrogens with zero attached hydrogens (tertiary/aromatic N) is 1. The molecule has 2 amide bonds. The summed E-state index contributed by atoms with van der Waals surface area (Å²) in [5, 5.41) is 22.5. The number of carboxylic acids is 1. The van der Waals surface area contributed by atoms with Crippen LogP contribution in [0.15, 0.2) is 24.3 Å². The minimum absolute atomic E-state index is 0.0215. The maximum Gasteiger partial charge on any atom is 0.326 e. The fourth-order valence-electron chi connectivity index (χ4n) is 2.27. The van der Waals surface area contributed by atoms with E-state index < -0.39 is 35.7 Å². The largest absolute Gasteiger partial charge is 0.480 e. The van der Waals surface area contributed by atoms with E-state index in [9.17, 15) is 23.9 Å². The lowest BCUT2D eigenvalue weighted by Crippen LogP contribution is -2.52. The summed E-state index contributed by atoms with van der Waals surface area (Å²) in [6, 6.07) is 5.29. The van der Waals surface area contributed by atoms with E-state index in [-0.39, 0.29) is 19.3 Å². The molecule has 134 valence electrons. The van der Waals surface area contributed by atoms with Gasteiger partial charge in [-0.25, -0.2) is 9.18 Å². The first kappa shape index (κ1) is 20.1. The molecule has 0 aliphatic heterocycles. The van der Waals surface area contributed by atoms with Gasteiger partial charge >= 0.3 is 5.97 Å². The van der Waals surface area contributed by atoms with Gasteiger partial charge in [0.05, 0.1) is 6.07 Å². The molecule has 7 nitrogen and oxygen atoms in total. The number of carbonyl (C=O) groups is 3. The van der Waals surface area contributed by atoms with Crippen molar-refractivity contribution < 1.29 is 23.9 Å². The van der Waals surface area contributed by atoms with Crippen LogP contribution in [-0.4, -0.2) is 35.0 Å². The van der Waals surface area contributed by atoms with Crippen molar-refractivity contribution in [1.82, 2.24) is 10.6 Å². The van der Waals surface area contributed by atoms with Gasteiger partial charge in [0.2, 0.25) is 11.8 Å². The highest BCUT2D eigenvalue weighted by Gasteiger charge is 2.26. The molecule has 25 heavy (non-hydrogen) atoms. The molecule has 0 heterocycles. The van der Waals surface area contributed by atoms with Crippen molar-refractivity contribution in [3.05, 3.63) is 35.6 Å². The zero-order valence-electron chi connectivity index (χ0n) is 13.8. The zero-order chi connectivity index (χ0) is 18.8. The van der Waals surface area contributed by atoms with E-state index in [2.05, 4.69) is 10.6 Å². The summed E-state index contributed by atoms with van der Waals surface area (Å²) in [6.07, 6.45) is 0.621. The van der Waals surface area contributed by atoms with Crippen molar-refractivity contribution in [3.8, 4) is 6.07 Å². The predicted molar refractivity (Wildman–Crippen MR) is 86.7 cm³/mol. The number of benzene rings is 1. The average molecular weight is 349 g/mol. The van der Waals surface area contributed by atoms with E-state index in [4.69, 9.17) is 5.26 Å². The summed E-state index contributed by atoms with van der Waals surface area (Å²) < 4.78 is 13.3. The first-order valence-electron chi connectivity index (χ1n) is 7.75. The van der Waals surface area contributed by atoms with E-state index in [1.54, 1.807) is 6.07 Å². The van der Waals surface area contributed by atoms with Crippen LogP contribution in [0.4, 0.5) is 4.39 Å². The molecule has 0 saturated carbocycles. The van der Waals surface area contributed by atoms with Crippen molar-refractivity contribution in [1.29, 1.82) is 5.26 Å². The maximum absolute atomic E-state index is 13.3. The van der Waals surface area contributed by atoms with Crippen LogP contribution in [0, 0.1) is 17.1 Å². The maximum atomic E-state index is 13.3. The fraction of sp³-hybridized carbons (Fsp3) is 0.412. The minimum atomic E-state index is -1.22. The molecule has 0 saturated heterocycles. The van der Waals surface area contributed by atoms with E-state index in [1.807, 2.05) is 6.07 Å². The molecule has 0 spiro atoms. The van der Waals surface area contributed by atoms with E-state index >= 15 is 0 Å². The highest BCUT2D eigenvalue weighted by molar-refractivity contribution is 5.90. The van der Waals surface area contributed by atoms with Gasteiger partial charge in [0.1, 0.15) is 17.9 Å². The second-order valence-corrected chi connectivity index (χ2v) is 5.54. The second kappa shape index (κ2) is 10.0. The Balaban J connectivity index is 2.82. The first-order valence-corrected chi connectivity index (χ1v) is 7.75. The SMILES string of the molecule is CC(=O)N[C@H](Cc1cccc(F)c1)C(=O)N[C@H](CCCC#N)C(=O)O. The van der Waals surface area contributed by atoms with Gasteiger partial charge < -0.3 is 15.7 Å². The summed E-state index contributed by atoms with van der Waals surface area (Å²) >= 11 is 0. The summed E-state index contributed by atoms with van der Waals surface area (Å²) in [4.78, 5) is 34.9. The molecule has 0 aliphatic rings. The number of halogens is 1. The van der Waals surface area contributed by atoms with Gasteiger partial charge in [-0.2, -0.15) is 5.26 Å². The number of nitrogens with one attached hydrogen (secondary N) is 2. The van der Waals surface area contributed by atoms with Gasteiger partial charge in [-0.3, -0.25) is 9.59 Å². The number of carboxylic acid groups (broad SMARTS) is 1. The molecule has 0 fully saturated rings. The molecule has 0 radical (unpaired) electrons. The Morgan fingerprint density at radius 2 is 2.00 bits per heavy atom. The molecule has 1 aromatic carbocycles. The fourth-order valence-corrected chi connectivity index (χ4v) is 2.27. The topological polar surface area (TPSA) is 119 Å².